The molecule has 21 heavy (non-hydrogen) atoms. The number of aromatic nitrogens is 2. The fourth-order valence-corrected chi connectivity index (χ4v) is 2.64. The fourth-order valence-electron chi connectivity index (χ4n) is 2.64. The van der Waals surface area contributed by atoms with E-state index in [4.69, 9.17) is 0 Å². The van der Waals surface area contributed by atoms with Gasteiger partial charge in [-0.2, -0.15) is 0 Å². The highest BCUT2D eigenvalue weighted by atomic mass is 16.3. The van der Waals surface area contributed by atoms with E-state index in [1.165, 1.54) is 0 Å². The second kappa shape index (κ2) is 6.10. The maximum atomic E-state index is 10.7. The van der Waals surface area contributed by atoms with E-state index >= 15 is 0 Å². The standard InChI is InChI=1S/C18H20N2O/c1-2-3-13-20-16-12-8-7-11-15(16)19-18(20)17(21)14-9-5-4-6-10-14/h4-12,17,21H,2-3,13H2,1H3/t17-/m0/s1. The lowest BCUT2D eigenvalue weighted by atomic mass is 10.1. The minimum atomic E-state index is -0.685. The SMILES string of the molecule is CCCCn1c([C@@H](O)c2ccccc2)nc2ccccc21. The van der Waals surface area contributed by atoms with E-state index in [-0.39, 0.29) is 0 Å². The zero-order chi connectivity index (χ0) is 14.7. The Labute approximate surface area is 124 Å². The van der Waals surface area contributed by atoms with Crippen molar-refractivity contribution >= 4 is 11.0 Å². The predicted octanol–water partition coefficient (Wildman–Crippen LogP) is 3.92. The molecule has 0 saturated heterocycles. The van der Waals surface area contributed by atoms with Crippen LogP contribution in [0.1, 0.15) is 37.3 Å². The topological polar surface area (TPSA) is 38.0 Å². The van der Waals surface area contributed by atoms with Crippen molar-refractivity contribution in [1.29, 1.82) is 0 Å². The van der Waals surface area contributed by atoms with Crippen LogP contribution in [0.25, 0.3) is 11.0 Å². The van der Waals surface area contributed by atoms with Crippen molar-refractivity contribution in [2.45, 2.75) is 32.4 Å². The Morgan fingerprint density at radius 2 is 1.76 bits per heavy atom. The van der Waals surface area contributed by atoms with Gasteiger partial charge in [0.15, 0.2) is 0 Å². The van der Waals surface area contributed by atoms with Crippen molar-refractivity contribution in [3.63, 3.8) is 0 Å². The highest BCUT2D eigenvalue weighted by molar-refractivity contribution is 5.76. The average Bonchev–Trinajstić information content (AvgIpc) is 2.91. The number of aliphatic hydroxyl groups is 1. The Hall–Kier alpha value is -2.13. The molecule has 0 saturated carbocycles. The fraction of sp³-hybridized carbons (Fsp3) is 0.278. The van der Waals surface area contributed by atoms with Gasteiger partial charge in [0.1, 0.15) is 11.9 Å². The summed E-state index contributed by atoms with van der Waals surface area (Å²) in [6.07, 6.45) is 1.51. The van der Waals surface area contributed by atoms with Gasteiger partial charge in [0.05, 0.1) is 11.0 Å². The van der Waals surface area contributed by atoms with E-state index in [1.807, 2.05) is 48.5 Å². The van der Waals surface area contributed by atoms with Crippen LogP contribution in [-0.4, -0.2) is 14.7 Å². The maximum absolute atomic E-state index is 10.7. The van der Waals surface area contributed by atoms with Gasteiger partial charge in [0, 0.05) is 6.54 Å². The third kappa shape index (κ3) is 2.69. The van der Waals surface area contributed by atoms with Gasteiger partial charge in [-0.05, 0) is 24.1 Å². The normalized spacial score (nSPS) is 12.7. The lowest BCUT2D eigenvalue weighted by Gasteiger charge is -2.14. The Balaban J connectivity index is 2.08. The summed E-state index contributed by atoms with van der Waals surface area (Å²) >= 11 is 0. The summed E-state index contributed by atoms with van der Waals surface area (Å²) in [4.78, 5) is 4.65. The molecule has 1 heterocycles. The van der Waals surface area contributed by atoms with Crippen molar-refractivity contribution in [1.82, 2.24) is 9.55 Å². The van der Waals surface area contributed by atoms with Gasteiger partial charge in [-0.3, -0.25) is 0 Å². The number of benzene rings is 2. The second-order valence-electron chi connectivity index (χ2n) is 5.28. The molecule has 3 heteroatoms. The Morgan fingerprint density at radius 3 is 2.52 bits per heavy atom. The highest BCUT2D eigenvalue weighted by Crippen LogP contribution is 2.26. The number of imidazole rings is 1. The van der Waals surface area contributed by atoms with Crippen LogP contribution < -0.4 is 0 Å². The van der Waals surface area contributed by atoms with Crippen LogP contribution in [-0.2, 0) is 6.54 Å². The summed E-state index contributed by atoms with van der Waals surface area (Å²) in [7, 11) is 0. The maximum Gasteiger partial charge on any atom is 0.143 e. The molecule has 0 amide bonds. The lowest BCUT2D eigenvalue weighted by Crippen LogP contribution is -2.10. The van der Waals surface area contributed by atoms with Crippen molar-refractivity contribution in [3.8, 4) is 0 Å². The lowest BCUT2D eigenvalue weighted by molar-refractivity contribution is 0.205. The number of hydrogen-bond donors (Lipinski definition) is 1. The minimum absolute atomic E-state index is 0.685. The van der Waals surface area contributed by atoms with Crippen LogP contribution in [0.5, 0.6) is 0 Å². The first-order valence-electron chi connectivity index (χ1n) is 7.49. The van der Waals surface area contributed by atoms with Gasteiger partial charge in [-0.1, -0.05) is 55.8 Å². The summed E-state index contributed by atoms with van der Waals surface area (Å²) in [5.41, 5.74) is 2.92. The summed E-state index contributed by atoms with van der Waals surface area (Å²) in [5.74, 6) is 0.732. The van der Waals surface area contributed by atoms with Gasteiger partial charge in [-0.25, -0.2) is 4.98 Å². The number of unbranched alkanes of at least 4 members (excludes halogenated alkanes) is 1. The largest absolute Gasteiger partial charge is 0.380 e. The molecule has 1 atom stereocenters. The van der Waals surface area contributed by atoms with Crippen molar-refractivity contribution in [3.05, 3.63) is 66.0 Å². The molecule has 3 nitrogen and oxygen atoms in total. The first-order valence-corrected chi connectivity index (χ1v) is 7.49. The van der Waals surface area contributed by atoms with Gasteiger partial charge < -0.3 is 9.67 Å². The zero-order valence-electron chi connectivity index (χ0n) is 12.2. The molecule has 0 aliphatic rings. The van der Waals surface area contributed by atoms with Crippen LogP contribution in [0, 0.1) is 0 Å². The molecule has 0 spiro atoms. The summed E-state index contributed by atoms with van der Waals surface area (Å²) in [6.45, 7) is 3.06. The van der Waals surface area contributed by atoms with E-state index in [9.17, 15) is 5.11 Å². The molecule has 3 rings (SSSR count). The van der Waals surface area contributed by atoms with Crippen LogP contribution in [0.4, 0.5) is 0 Å². The van der Waals surface area contributed by atoms with Crippen molar-refractivity contribution in [2.24, 2.45) is 0 Å². The molecular formula is C18H20N2O. The number of para-hydroxylation sites is 2. The molecular weight excluding hydrogens is 260 g/mol. The average molecular weight is 280 g/mol. The Kier molecular flexibility index (Phi) is 4.02. The summed E-state index contributed by atoms with van der Waals surface area (Å²) < 4.78 is 2.15. The van der Waals surface area contributed by atoms with Crippen LogP contribution in [0.2, 0.25) is 0 Å². The number of hydrogen-bond acceptors (Lipinski definition) is 2. The van der Waals surface area contributed by atoms with E-state index in [2.05, 4.69) is 22.5 Å². The number of fused-ring (bicyclic) bond motifs is 1. The van der Waals surface area contributed by atoms with Crippen molar-refractivity contribution < 1.29 is 5.11 Å². The van der Waals surface area contributed by atoms with Crippen LogP contribution in [0.15, 0.2) is 54.6 Å². The molecule has 0 aliphatic carbocycles. The Bertz CT molecular complexity index is 718. The number of nitrogens with zero attached hydrogens (tertiary/aromatic N) is 2. The van der Waals surface area contributed by atoms with Crippen LogP contribution in [0.3, 0.4) is 0 Å². The highest BCUT2D eigenvalue weighted by Gasteiger charge is 2.19. The molecule has 0 fully saturated rings. The van der Waals surface area contributed by atoms with Gasteiger partial charge in [-0.15, -0.1) is 0 Å². The first kappa shape index (κ1) is 13.8. The summed E-state index contributed by atoms with van der Waals surface area (Å²) in [6, 6.07) is 17.8. The van der Waals surface area contributed by atoms with Gasteiger partial charge in [0.25, 0.3) is 0 Å². The Morgan fingerprint density at radius 1 is 1.05 bits per heavy atom. The molecule has 0 radical (unpaired) electrons. The van der Waals surface area contributed by atoms with E-state index in [0.717, 1.165) is 41.8 Å². The quantitative estimate of drug-likeness (QED) is 0.769. The molecule has 0 unspecified atom stereocenters. The zero-order valence-corrected chi connectivity index (χ0v) is 12.2. The minimum Gasteiger partial charge on any atom is -0.380 e. The van der Waals surface area contributed by atoms with E-state index in [1.54, 1.807) is 0 Å². The molecule has 3 aromatic rings. The molecule has 1 aromatic heterocycles. The predicted molar refractivity (Wildman–Crippen MR) is 85.1 cm³/mol. The molecule has 0 bridgehead atoms. The molecule has 0 aliphatic heterocycles. The van der Waals surface area contributed by atoms with E-state index in [0.29, 0.717) is 0 Å². The molecule has 2 aromatic carbocycles. The third-order valence-corrected chi connectivity index (χ3v) is 3.78. The van der Waals surface area contributed by atoms with Crippen molar-refractivity contribution in [2.75, 3.05) is 0 Å². The molecule has 108 valence electrons. The number of aryl methyl sites for hydroxylation is 1. The summed E-state index contributed by atoms with van der Waals surface area (Å²) in [5, 5.41) is 10.7. The third-order valence-electron chi connectivity index (χ3n) is 3.78. The second-order valence-corrected chi connectivity index (χ2v) is 5.28. The smallest absolute Gasteiger partial charge is 0.143 e. The first-order chi connectivity index (χ1) is 10.3. The molecule has 1 N–H and O–H groups in total. The van der Waals surface area contributed by atoms with Gasteiger partial charge in [0.2, 0.25) is 0 Å². The van der Waals surface area contributed by atoms with E-state index < -0.39 is 6.10 Å². The number of aliphatic hydroxyl groups excluding tert-OH is 1. The van der Waals surface area contributed by atoms with Crippen LogP contribution >= 0.6 is 0 Å². The monoisotopic (exact) mass is 280 g/mol. The van der Waals surface area contributed by atoms with Gasteiger partial charge >= 0.3 is 0 Å². The number of rotatable bonds is 5.